The van der Waals surface area contributed by atoms with E-state index in [1.54, 1.807) is 0 Å². The Morgan fingerprint density at radius 3 is 2.44 bits per heavy atom. The van der Waals surface area contributed by atoms with E-state index in [1.165, 1.54) is 10.9 Å². The van der Waals surface area contributed by atoms with E-state index in [-0.39, 0.29) is 23.8 Å². The summed E-state index contributed by atoms with van der Waals surface area (Å²) in [5.74, 6) is -0.0762. The maximum absolute atomic E-state index is 12.2. The van der Waals surface area contributed by atoms with Gasteiger partial charge >= 0.3 is 0 Å². The molecule has 2 rings (SSSR count). The molecular weight excluding hydrogens is 260 g/mol. The summed E-state index contributed by atoms with van der Waals surface area (Å²) in [6.07, 6.45) is -0.786. The lowest BCUT2D eigenvalue weighted by atomic mass is 10.3. The van der Waals surface area contributed by atoms with Gasteiger partial charge in [0.05, 0.1) is 12.2 Å². The molecule has 1 aliphatic rings. The monoisotopic (exact) mass is 276 g/mol. The lowest BCUT2D eigenvalue weighted by molar-refractivity contribution is 0.0572. The summed E-state index contributed by atoms with van der Waals surface area (Å²) in [6.45, 7) is 2.04. The highest BCUT2D eigenvalue weighted by atomic mass is 32.2. The van der Waals surface area contributed by atoms with Gasteiger partial charge in [-0.25, -0.2) is 8.42 Å². The number of aliphatic hydroxyl groups is 2. The zero-order valence-corrected chi connectivity index (χ0v) is 10.7. The van der Waals surface area contributed by atoms with Crippen LogP contribution in [0.2, 0.25) is 0 Å². The van der Waals surface area contributed by atoms with Gasteiger partial charge in [-0.05, 0) is 6.92 Å². The molecule has 2 unspecified atom stereocenters. The van der Waals surface area contributed by atoms with E-state index >= 15 is 0 Å². The standard InChI is InChI=1S/C9H16N4O4S/c1-2-12-5-8(9(10)11-12)18(16,17)13-3-6(14)7(15)4-13/h5-7,14-15H,2-4H2,1H3,(H2,10,11). The summed E-state index contributed by atoms with van der Waals surface area (Å²) in [4.78, 5) is -0.0920. The number of rotatable bonds is 3. The van der Waals surface area contributed by atoms with E-state index in [1.807, 2.05) is 6.92 Å². The first-order valence-corrected chi connectivity index (χ1v) is 6.99. The summed E-state index contributed by atoms with van der Waals surface area (Å²) in [7, 11) is -3.82. The third-order valence-corrected chi connectivity index (χ3v) is 4.77. The molecule has 102 valence electrons. The van der Waals surface area contributed by atoms with Gasteiger partial charge in [0.2, 0.25) is 10.0 Å². The highest BCUT2D eigenvalue weighted by molar-refractivity contribution is 7.89. The number of sulfonamides is 1. The maximum Gasteiger partial charge on any atom is 0.248 e. The third-order valence-electron chi connectivity index (χ3n) is 2.92. The molecule has 9 heteroatoms. The fourth-order valence-electron chi connectivity index (χ4n) is 1.85. The van der Waals surface area contributed by atoms with E-state index in [9.17, 15) is 18.6 Å². The number of β-amino-alcohol motifs (C(OH)–C–C–N with tert-alkyl or cyclic N) is 2. The lowest BCUT2D eigenvalue weighted by Gasteiger charge is -2.14. The van der Waals surface area contributed by atoms with Crippen molar-refractivity contribution >= 4 is 15.8 Å². The quantitative estimate of drug-likeness (QED) is 0.599. The van der Waals surface area contributed by atoms with Crippen molar-refractivity contribution in [1.82, 2.24) is 14.1 Å². The topological polar surface area (TPSA) is 122 Å². The zero-order chi connectivity index (χ0) is 13.5. The molecule has 1 fully saturated rings. The number of nitrogens with zero attached hydrogens (tertiary/aromatic N) is 3. The van der Waals surface area contributed by atoms with Crippen LogP contribution in [0.5, 0.6) is 0 Å². The SMILES string of the molecule is CCn1cc(S(=O)(=O)N2CC(O)C(O)C2)c(N)n1. The van der Waals surface area contributed by atoms with Crippen LogP contribution in [0.4, 0.5) is 5.82 Å². The summed E-state index contributed by atoms with van der Waals surface area (Å²) >= 11 is 0. The van der Waals surface area contributed by atoms with Gasteiger partial charge < -0.3 is 15.9 Å². The first kappa shape index (κ1) is 13.3. The smallest absolute Gasteiger partial charge is 0.248 e. The highest BCUT2D eigenvalue weighted by Gasteiger charge is 2.39. The normalized spacial score (nSPS) is 25.7. The molecule has 0 aromatic carbocycles. The largest absolute Gasteiger partial charge is 0.389 e. The van der Waals surface area contributed by atoms with Crippen LogP contribution in [-0.2, 0) is 16.6 Å². The van der Waals surface area contributed by atoms with Crippen LogP contribution in [0.3, 0.4) is 0 Å². The van der Waals surface area contributed by atoms with Crippen molar-refractivity contribution in [1.29, 1.82) is 0 Å². The Kier molecular flexibility index (Phi) is 3.32. The second kappa shape index (κ2) is 4.50. The van der Waals surface area contributed by atoms with Crippen LogP contribution in [0, 0.1) is 0 Å². The number of aryl methyl sites for hydroxylation is 1. The van der Waals surface area contributed by atoms with Crippen LogP contribution in [0.25, 0.3) is 0 Å². The van der Waals surface area contributed by atoms with E-state index in [2.05, 4.69) is 5.10 Å². The van der Waals surface area contributed by atoms with Crippen molar-refractivity contribution in [3.63, 3.8) is 0 Å². The summed E-state index contributed by atoms with van der Waals surface area (Å²) < 4.78 is 26.9. The van der Waals surface area contributed by atoms with Crippen molar-refractivity contribution < 1.29 is 18.6 Å². The van der Waals surface area contributed by atoms with Gasteiger partial charge in [0.1, 0.15) is 4.90 Å². The number of aromatic nitrogens is 2. The third kappa shape index (κ3) is 2.09. The van der Waals surface area contributed by atoms with E-state index in [0.29, 0.717) is 6.54 Å². The molecule has 2 heterocycles. The number of hydrogen-bond acceptors (Lipinski definition) is 6. The molecule has 0 saturated carbocycles. The van der Waals surface area contributed by atoms with Crippen molar-refractivity contribution in [2.24, 2.45) is 0 Å². The van der Waals surface area contributed by atoms with Gasteiger partial charge in [-0.15, -0.1) is 0 Å². The molecule has 0 bridgehead atoms. The Morgan fingerprint density at radius 1 is 1.44 bits per heavy atom. The number of nitrogen functional groups attached to an aromatic ring is 1. The second-order valence-electron chi connectivity index (χ2n) is 4.19. The van der Waals surface area contributed by atoms with Gasteiger partial charge in [-0.1, -0.05) is 0 Å². The fraction of sp³-hybridized carbons (Fsp3) is 0.667. The lowest BCUT2D eigenvalue weighted by Crippen LogP contribution is -2.30. The summed E-state index contributed by atoms with van der Waals surface area (Å²) in [5.41, 5.74) is 5.58. The molecule has 18 heavy (non-hydrogen) atoms. The summed E-state index contributed by atoms with van der Waals surface area (Å²) in [6, 6.07) is 0. The van der Waals surface area contributed by atoms with Gasteiger partial charge in [0.25, 0.3) is 0 Å². The number of hydrogen-bond donors (Lipinski definition) is 3. The van der Waals surface area contributed by atoms with Crippen LogP contribution >= 0.6 is 0 Å². The van der Waals surface area contributed by atoms with Gasteiger partial charge in [-0.2, -0.15) is 9.40 Å². The number of anilines is 1. The first-order chi connectivity index (χ1) is 8.36. The molecule has 0 spiro atoms. The minimum atomic E-state index is -3.82. The predicted octanol–water partition coefficient (Wildman–Crippen LogP) is -1.79. The Balaban J connectivity index is 2.34. The van der Waals surface area contributed by atoms with Crippen molar-refractivity contribution in [2.45, 2.75) is 30.6 Å². The Bertz CT molecular complexity index is 531. The number of aliphatic hydroxyl groups excluding tert-OH is 2. The Morgan fingerprint density at radius 2 is 2.00 bits per heavy atom. The Hall–Kier alpha value is -1.16. The molecule has 0 aliphatic carbocycles. The minimum Gasteiger partial charge on any atom is -0.389 e. The predicted molar refractivity (Wildman–Crippen MR) is 63.1 cm³/mol. The average Bonchev–Trinajstić information content (AvgIpc) is 2.84. The van der Waals surface area contributed by atoms with Crippen LogP contribution in [-0.4, -0.2) is 58.0 Å². The maximum atomic E-state index is 12.2. The van der Waals surface area contributed by atoms with Crippen LogP contribution < -0.4 is 5.73 Å². The highest BCUT2D eigenvalue weighted by Crippen LogP contribution is 2.24. The molecule has 4 N–H and O–H groups in total. The molecule has 2 atom stereocenters. The van der Waals surface area contributed by atoms with Crippen LogP contribution in [0.15, 0.2) is 11.1 Å². The average molecular weight is 276 g/mol. The van der Waals surface area contributed by atoms with Crippen molar-refractivity contribution in [3.05, 3.63) is 6.20 Å². The number of nitrogens with two attached hydrogens (primary N) is 1. The zero-order valence-electron chi connectivity index (χ0n) is 9.89. The minimum absolute atomic E-state index is 0.0762. The van der Waals surface area contributed by atoms with E-state index in [4.69, 9.17) is 5.73 Å². The van der Waals surface area contributed by atoms with E-state index < -0.39 is 22.2 Å². The molecule has 1 aromatic rings. The molecular formula is C9H16N4O4S. The second-order valence-corrected chi connectivity index (χ2v) is 6.10. The van der Waals surface area contributed by atoms with Gasteiger partial charge in [-0.3, -0.25) is 4.68 Å². The van der Waals surface area contributed by atoms with Crippen molar-refractivity contribution in [3.8, 4) is 0 Å². The molecule has 1 saturated heterocycles. The van der Waals surface area contributed by atoms with Crippen LogP contribution in [0.1, 0.15) is 6.92 Å². The van der Waals surface area contributed by atoms with Crippen molar-refractivity contribution in [2.75, 3.05) is 18.8 Å². The van der Waals surface area contributed by atoms with Gasteiger partial charge in [0.15, 0.2) is 5.82 Å². The molecule has 1 aliphatic heterocycles. The van der Waals surface area contributed by atoms with E-state index in [0.717, 1.165) is 4.31 Å². The fourth-order valence-corrected chi connectivity index (χ4v) is 3.39. The molecule has 0 amide bonds. The molecule has 1 aromatic heterocycles. The first-order valence-electron chi connectivity index (χ1n) is 5.55. The van der Waals surface area contributed by atoms with Gasteiger partial charge in [0, 0.05) is 25.8 Å². The molecule has 0 radical (unpaired) electrons. The molecule has 8 nitrogen and oxygen atoms in total. The summed E-state index contributed by atoms with van der Waals surface area (Å²) in [5, 5.41) is 22.7. The Labute approximate surface area is 105 Å².